The number of halogens is 2. The average Bonchev–Trinajstić information content (AvgIpc) is 2.32. The Morgan fingerprint density at radius 3 is 2.39 bits per heavy atom. The van der Waals surface area contributed by atoms with Gasteiger partial charge in [-0.25, -0.2) is 13.6 Å². The summed E-state index contributed by atoms with van der Waals surface area (Å²) < 4.78 is 25.6. The topological polar surface area (TPSA) is 77.8 Å². The molecule has 1 atom stereocenters. The van der Waals surface area contributed by atoms with Gasteiger partial charge in [0.2, 0.25) is 0 Å². The van der Waals surface area contributed by atoms with Crippen LogP contribution in [0, 0.1) is 11.6 Å². The predicted octanol–water partition coefficient (Wildman–Crippen LogP) is 0.482. The number of aliphatic carboxylic acids is 1. The molecule has 1 aromatic carbocycles. The van der Waals surface area contributed by atoms with Crippen LogP contribution in [0.5, 0.6) is 0 Å². The predicted molar refractivity (Wildman–Crippen MR) is 57.0 cm³/mol. The molecule has 1 amide bonds. The van der Waals surface area contributed by atoms with Crippen LogP contribution < -0.4 is 0 Å². The summed E-state index contributed by atoms with van der Waals surface area (Å²) in [5.41, 5.74) is -0.198. The molecule has 0 spiro atoms. The van der Waals surface area contributed by atoms with Crippen molar-refractivity contribution in [2.24, 2.45) is 0 Å². The van der Waals surface area contributed by atoms with Gasteiger partial charge in [0.1, 0.15) is 0 Å². The van der Waals surface area contributed by atoms with Crippen LogP contribution in [0.2, 0.25) is 0 Å². The number of hydrogen-bond donors (Lipinski definition) is 2. The molecule has 0 bridgehead atoms. The zero-order valence-electron chi connectivity index (χ0n) is 9.43. The fourth-order valence-corrected chi connectivity index (χ4v) is 1.34. The highest BCUT2D eigenvalue weighted by Gasteiger charge is 2.26. The summed E-state index contributed by atoms with van der Waals surface area (Å²) in [6.07, 6.45) is 0. The molecule has 7 heteroatoms. The van der Waals surface area contributed by atoms with E-state index in [1.54, 1.807) is 0 Å². The zero-order valence-corrected chi connectivity index (χ0v) is 9.43. The molecule has 0 aliphatic carbocycles. The van der Waals surface area contributed by atoms with E-state index in [9.17, 15) is 18.4 Å². The van der Waals surface area contributed by atoms with Crippen LogP contribution in [0.25, 0.3) is 0 Å². The molecule has 1 unspecified atom stereocenters. The fourth-order valence-electron chi connectivity index (χ4n) is 1.34. The highest BCUT2D eigenvalue weighted by atomic mass is 19.2. The number of carboxylic acid groups (broad SMARTS) is 1. The van der Waals surface area contributed by atoms with E-state index < -0.39 is 36.2 Å². The number of aliphatic hydroxyl groups excluding tert-OH is 1. The molecule has 1 rings (SSSR count). The second-order valence-corrected chi connectivity index (χ2v) is 3.58. The van der Waals surface area contributed by atoms with Gasteiger partial charge in [-0.1, -0.05) is 0 Å². The minimum absolute atomic E-state index is 0.198. The van der Waals surface area contributed by atoms with E-state index in [0.717, 1.165) is 24.1 Å². The normalized spacial score (nSPS) is 12.0. The Kier molecular flexibility index (Phi) is 4.33. The quantitative estimate of drug-likeness (QED) is 0.824. The molecule has 0 aromatic heterocycles. The third kappa shape index (κ3) is 2.80. The number of amides is 1. The number of carbonyl (C=O) groups excluding carboxylic acids is 1. The van der Waals surface area contributed by atoms with Gasteiger partial charge in [0.05, 0.1) is 6.61 Å². The molecule has 0 radical (unpaired) electrons. The van der Waals surface area contributed by atoms with E-state index in [0.29, 0.717) is 6.07 Å². The van der Waals surface area contributed by atoms with Crippen molar-refractivity contribution in [3.8, 4) is 0 Å². The Bertz CT molecular complexity index is 478. The second-order valence-electron chi connectivity index (χ2n) is 3.58. The third-order valence-electron chi connectivity index (χ3n) is 2.41. The summed E-state index contributed by atoms with van der Waals surface area (Å²) in [7, 11) is 1.15. The van der Waals surface area contributed by atoms with Crippen molar-refractivity contribution < 1.29 is 28.6 Å². The fraction of sp³-hybridized carbons (Fsp3) is 0.273. The number of carbonyl (C=O) groups is 2. The first-order chi connectivity index (χ1) is 8.38. The highest BCUT2D eigenvalue weighted by Crippen LogP contribution is 2.12. The summed E-state index contributed by atoms with van der Waals surface area (Å²) in [4.78, 5) is 23.3. The number of nitrogens with zero attached hydrogens (tertiary/aromatic N) is 1. The molecule has 0 saturated carbocycles. The van der Waals surface area contributed by atoms with Gasteiger partial charge in [-0.3, -0.25) is 4.79 Å². The first-order valence-electron chi connectivity index (χ1n) is 4.94. The molecule has 0 fully saturated rings. The summed E-state index contributed by atoms with van der Waals surface area (Å²) in [6, 6.07) is 1.04. The van der Waals surface area contributed by atoms with Crippen molar-refractivity contribution >= 4 is 11.9 Å². The molecule has 5 nitrogen and oxygen atoms in total. The first-order valence-corrected chi connectivity index (χ1v) is 4.94. The molecular weight excluding hydrogens is 248 g/mol. The standard InChI is InChI=1S/C11H11F2NO4/c1-14(9(5-15)11(17)18)10(16)6-2-3-7(12)8(13)4-6/h2-4,9,15H,5H2,1H3,(H,17,18). The molecular formula is C11H11F2NO4. The van der Waals surface area contributed by atoms with E-state index >= 15 is 0 Å². The van der Waals surface area contributed by atoms with Crippen LogP contribution in [0.4, 0.5) is 8.78 Å². The van der Waals surface area contributed by atoms with Crippen molar-refractivity contribution in [3.05, 3.63) is 35.4 Å². The maximum Gasteiger partial charge on any atom is 0.328 e. The number of aliphatic hydroxyl groups is 1. The minimum atomic E-state index is -1.44. The van der Waals surface area contributed by atoms with Crippen LogP contribution in [0.1, 0.15) is 10.4 Å². The van der Waals surface area contributed by atoms with Crippen LogP contribution in [0.15, 0.2) is 18.2 Å². The van der Waals surface area contributed by atoms with Crippen molar-refractivity contribution in [1.82, 2.24) is 4.90 Å². The summed E-state index contributed by atoms with van der Waals surface area (Å²) in [6.45, 7) is -0.777. The Morgan fingerprint density at radius 1 is 1.33 bits per heavy atom. The minimum Gasteiger partial charge on any atom is -0.480 e. The molecule has 0 heterocycles. The van der Waals surface area contributed by atoms with Gasteiger partial charge < -0.3 is 15.1 Å². The van der Waals surface area contributed by atoms with Crippen LogP contribution >= 0.6 is 0 Å². The van der Waals surface area contributed by atoms with Crippen molar-refractivity contribution in [3.63, 3.8) is 0 Å². The van der Waals surface area contributed by atoms with Crippen LogP contribution in [-0.2, 0) is 4.79 Å². The summed E-state index contributed by atoms with van der Waals surface area (Å²) in [5, 5.41) is 17.6. The maximum atomic E-state index is 12.9. The molecule has 18 heavy (non-hydrogen) atoms. The van der Waals surface area contributed by atoms with Crippen LogP contribution in [-0.4, -0.2) is 46.7 Å². The number of benzene rings is 1. The Labute approximate surface area is 101 Å². The van der Waals surface area contributed by atoms with Crippen molar-refractivity contribution in [1.29, 1.82) is 0 Å². The van der Waals surface area contributed by atoms with Gasteiger partial charge in [0, 0.05) is 12.6 Å². The Hall–Kier alpha value is -2.02. The number of likely N-dealkylation sites (N-methyl/N-ethyl adjacent to an activating group) is 1. The summed E-state index contributed by atoms with van der Waals surface area (Å²) in [5.74, 6) is -4.53. The van der Waals surface area contributed by atoms with Gasteiger partial charge >= 0.3 is 5.97 Å². The average molecular weight is 259 g/mol. The molecule has 0 aliphatic heterocycles. The van der Waals surface area contributed by atoms with Crippen molar-refractivity contribution in [2.75, 3.05) is 13.7 Å². The SMILES string of the molecule is CN(C(=O)c1ccc(F)c(F)c1)C(CO)C(=O)O. The van der Waals surface area contributed by atoms with E-state index in [-0.39, 0.29) is 5.56 Å². The number of hydrogen-bond acceptors (Lipinski definition) is 3. The maximum absolute atomic E-state index is 12.9. The monoisotopic (exact) mass is 259 g/mol. The largest absolute Gasteiger partial charge is 0.480 e. The number of rotatable bonds is 4. The number of carboxylic acids is 1. The molecule has 2 N–H and O–H groups in total. The lowest BCUT2D eigenvalue weighted by atomic mass is 10.1. The lowest BCUT2D eigenvalue weighted by molar-refractivity contribution is -0.143. The highest BCUT2D eigenvalue weighted by molar-refractivity contribution is 5.96. The van der Waals surface area contributed by atoms with Gasteiger partial charge in [0.15, 0.2) is 17.7 Å². The summed E-state index contributed by atoms with van der Waals surface area (Å²) >= 11 is 0. The van der Waals surface area contributed by atoms with E-state index in [2.05, 4.69) is 0 Å². The van der Waals surface area contributed by atoms with Gasteiger partial charge in [-0.05, 0) is 18.2 Å². The van der Waals surface area contributed by atoms with Crippen LogP contribution in [0.3, 0.4) is 0 Å². The molecule has 1 aromatic rings. The smallest absolute Gasteiger partial charge is 0.328 e. The third-order valence-corrected chi connectivity index (χ3v) is 2.41. The Morgan fingerprint density at radius 2 is 1.94 bits per heavy atom. The van der Waals surface area contributed by atoms with Gasteiger partial charge in [-0.2, -0.15) is 0 Å². The second kappa shape index (κ2) is 5.54. The van der Waals surface area contributed by atoms with E-state index in [4.69, 9.17) is 10.2 Å². The Balaban J connectivity index is 2.99. The molecule has 0 aliphatic rings. The van der Waals surface area contributed by atoms with E-state index in [1.165, 1.54) is 0 Å². The van der Waals surface area contributed by atoms with E-state index in [1.807, 2.05) is 0 Å². The lowest BCUT2D eigenvalue weighted by Gasteiger charge is -2.23. The zero-order chi connectivity index (χ0) is 13.9. The first kappa shape index (κ1) is 14.0. The molecule has 0 saturated heterocycles. The lowest BCUT2D eigenvalue weighted by Crippen LogP contribution is -2.44. The van der Waals surface area contributed by atoms with Gasteiger partial charge in [0.25, 0.3) is 5.91 Å². The van der Waals surface area contributed by atoms with Gasteiger partial charge in [-0.15, -0.1) is 0 Å². The van der Waals surface area contributed by atoms with Crippen molar-refractivity contribution in [2.45, 2.75) is 6.04 Å². The molecule has 98 valence electrons.